The van der Waals surface area contributed by atoms with E-state index < -0.39 is 27.3 Å². The molecular weight excluding hydrogens is 283 g/mol. The van der Waals surface area contributed by atoms with Gasteiger partial charge in [-0.15, -0.1) is 0 Å². The van der Waals surface area contributed by atoms with Gasteiger partial charge in [-0.3, -0.25) is 4.79 Å². The van der Waals surface area contributed by atoms with E-state index in [9.17, 15) is 17.6 Å². The quantitative estimate of drug-likeness (QED) is 0.887. The molecule has 20 heavy (non-hydrogen) atoms. The van der Waals surface area contributed by atoms with E-state index >= 15 is 0 Å². The molecule has 0 bridgehead atoms. The van der Waals surface area contributed by atoms with Gasteiger partial charge >= 0.3 is 0 Å². The van der Waals surface area contributed by atoms with Crippen LogP contribution in [0.1, 0.15) is 43.1 Å². The SMILES string of the molecule is CCC(C)(C)NC(=O)c1cc(F)c(C)c(S(N)(=O)=O)c1. The van der Waals surface area contributed by atoms with Crippen molar-refractivity contribution in [2.24, 2.45) is 5.14 Å². The number of sulfonamides is 1. The van der Waals surface area contributed by atoms with Gasteiger partial charge in [-0.25, -0.2) is 17.9 Å². The number of carbonyl (C=O) groups excluding carboxylic acids is 1. The molecule has 1 aromatic carbocycles. The molecule has 1 rings (SSSR count). The zero-order chi connectivity index (χ0) is 15.7. The monoisotopic (exact) mass is 302 g/mol. The Hall–Kier alpha value is -1.47. The summed E-state index contributed by atoms with van der Waals surface area (Å²) in [5.41, 5.74) is -0.641. The van der Waals surface area contributed by atoms with Crippen LogP contribution in [-0.2, 0) is 10.0 Å². The number of halogens is 1. The second kappa shape index (κ2) is 5.49. The van der Waals surface area contributed by atoms with E-state index in [2.05, 4.69) is 5.32 Å². The summed E-state index contributed by atoms with van der Waals surface area (Å²) in [6.07, 6.45) is 0.676. The smallest absolute Gasteiger partial charge is 0.251 e. The minimum atomic E-state index is -4.08. The van der Waals surface area contributed by atoms with E-state index in [1.54, 1.807) is 0 Å². The molecule has 1 amide bonds. The normalized spacial score (nSPS) is 12.3. The lowest BCUT2D eigenvalue weighted by atomic mass is 10.0. The molecule has 0 heterocycles. The molecule has 0 saturated carbocycles. The van der Waals surface area contributed by atoms with E-state index in [1.165, 1.54) is 6.92 Å². The predicted octanol–water partition coefficient (Wildman–Crippen LogP) is 1.70. The van der Waals surface area contributed by atoms with Gasteiger partial charge in [0, 0.05) is 16.7 Å². The third-order valence-electron chi connectivity index (χ3n) is 3.20. The first-order valence-electron chi connectivity index (χ1n) is 6.13. The lowest BCUT2D eigenvalue weighted by molar-refractivity contribution is 0.0910. The molecule has 0 unspecified atom stereocenters. The number of rotatable bonds is 4. The zero-order valence-corrected chi connectivity index (χ0v) is 12.8. The van der Waals surface area contributed by atoms with Gasteiger partial charge in [-0.1, -0.05) is 6.92 Å². The first-order valence-corrected chi connectivity index (χ1v) is 7.68. The van der Waals surface area contributed by atoms with Crippen LogP contribution in [0.15, 0.2) is 17.0 Å². The molecule has 0 spiro atoms. The average molecular weight is 302 g/mol. The summed E-state index contributed by atoms with van der Waals surface area (Å²) in [6.45, 7) is 6.82. The minimum absolute atomic E-state index is 0.0707. The van der Waals surface area contributed by atoms with Crippen LogP contribution in [0.25, 0.3) is 0 Å². The molecule has 1 aromatic rings. The highest BCUT2D eigenvalue weighted by atomic mass is 32.2. The summed E-state index contributed by atoms with van der Waals surface area (Å²) < 4.78 is 36.5. The van der Waals surface area contributed by atoms with E-state index in [4.69, 9.17) is 5.14 Å². The molecule has 0 saturated heterocycles. The van der Waals surface area contributed by atoms with Gasteiger partial charge in [-0.2, -0.15) is 0 Å². The fourth-order valence-corrected chi connectivity index (χ4v) is 2.36. The number of hydrogen-bond donors (Lipinski definition) is 2. The molecule has 0 radical (unpaired) electrons. The molecule has 0 fully saturated rings. The molecule has 112 valence electrons. The molecule has 0 aliphatic heterocycles. The van der Waals surface area contributed by atoms with E-state index in [-0.39, 0.29) is 16.0 Å². The largest absolute Gasteiger partial charge is 0.347 e. The van der Waals surface area contributed by atoms with Gasteiger partial charge in [0.15, 0.2) is 0 Å². The van der Waals surface area contributed by atoms with E-state index in [0.29, 0.717) is 6.42 Å². The van der Waals surface area contributed by atoms with Crippen LogP contribution in [0.4, 0.5) is 4.39 Å². The van der Waals surface area contributed by atoms with Crippen LogP contribution in [0.3, 0.4) is 0 Å². The Morgan fingerprint density at radius 3 is 2.40 bits per heavy atom. The van der Waals surface area contributed by atoms with Crippen LogP contribution in [0.2, 0.25) is 0 Å². The Balaban J connectivity index is 3.28. The Bertz CT molecular complexity index is 639. The van der Waals surface area contributed by atoms with Gasteiger partial charge in [0.1, 0.15) is 5.82 Å². The maximum Gasteiger partial charge on any atom is 0.251 e. The summed E-state index contributed by atoms with van der Waals surface area (Å²) in [4.78, 5) is 11.7. The molecule has 0 aromatic heterocycles. The van der Waals surface area contributed by atoms with Crippen molar-refractivity contribution >= 4 is 15.9 Å². The lowest BCUT2D eigenvalue weighted by Crippen LogP contribution is -2.42. The molecule has 3 N–H and O–H groups in total. The Morgan fingerprint density at radius 1 is 1.40 bits per heavy atom. The summed E-state index contributed by atoms with van der Waals surface area (Å²) in [5, 5.41) is 7.73. The van der Waals surface area contributed by atoms with E-state index in [1.807, 2.05) is 20.8 Å². The van der Waals surface area contributed by atoms with Gasteiger partial charge in [0.2, 0.25) is 10.0 Å². The fraction of sp³-hybridized carbons (Fsp3) is 0.462. The number of nitrogens with two attached hydrogens (primary N) is 1. The van der Waals surface area contributed by atoms with Crippen molar-refractivity contribution in [1.29, 1.82) is 0 Å². The number of hydrogen-bond acceptors (Lipinski definition) is 3. The lowest BCUT2D eigenvalue weighted by Gasteiger charge is -2.24. The van der Waals surface area contributed by atoms with Crippen molar-refractivity contribution in [3.05, 3.63) is 29.1 Å². The number of nitrogens with one attached hydrogen (secondary N) is 1. The maximum absolute atomic E-state index is 13.7. The predicted molar refractivity (Wildman–Crippen MR) is 74.3 cm³/mol. The van der Waals surface area contributed by atoms with Gasteiger partial charge in [-0.05, 0) is 39.3 Å². The van der Waals surface area contributed by atoms with Crippen LogP contribution in [0.5, 0.6) is 0 Å². The van der Waals surface area contributed by atoms with Crippen LogP contribution >= 0.6 is 0 Å². The van der Waals surface area contributed by atoms with Gasteiger partial charge in [0.25, 0.3) is 5.91 Å². The third kappa shape index (κ3) is 3.77. The molecule has 0 aliphatic carbocycles. The van der Waals surface area contributed by atoms with Gasteiger partial charge in [0.05, 0.1) is 4.90 Å². The first-order chi connectivity index (χ1) is 8.98. The number of primary sulfonamides is 1. The standard InChI is InChI=1S/C13H19FN2O3S/c1-5-13(3,4)16-12(17)9-6-10(14)8(2)11(7-9)20(15,18)19/h6-7H,5H2,1-4H3,(H,16,17)(H2,15,18,19). The summed E-state index contributed by atoms with van der Waals surface area (Å²) >= 11 is 0. The average Bonchev–Trinajstić information content (AvgIpc) is 2.30. The topological polar surface area (TPSA) is 89.3 Å². The Kier molecular flexibility index (Phi) is 4.55. The minimum Gasteiger partial charge on any atom is -0.347 e. The summed E-state index contributed by atoms with van der Waals surface area (Å²) in [7, 11) is -4.08. The number of amides is 1. The van der Waals surface area contributed by atoms with Crippen LogP contribution in [0, 0.1) is 12.7 Å². The van der Waals surface area contributed by atoms with Gasteiger partial charge < -0.3 is 5.32 Å². The van der Waals surface area contributed by atoms with E-state index in [0.717, 1.165) is 12.1 Å². The molecule has 0 atom stereocenters. The van der Waals surface area contributed by atoms with Crippen molar-refractivity contribution in [2.45, 2.75) is 44.6 Å². The van der Waals surface area contributed by atoms with Crippen molar-refractivity contribution in [2.75, 3.05) is 0 Å². The van der Waals surface area contributed by atoms with Crippen molar-refractivity contribution in [1.82, 2.24) is 5.32 Å². The highest BCUT2D eigenvalue weighted by Gasteiger charge is 2.22. The zero-order valence-electron chi connectivity index (χ0n) is 12.0. The maximum atomic E-state index is 13.7. The van der Waals surface area contributed by atoms with Crippen LogP contribution in [-0.4, -0.2) is 19.9 Å². The summed E-state index contributed by atoms with van der Waals surface area (Å²) in [6, 6.07) is 2.10. The summed E-state index contributed by atoms with van der Waals surface area (Å²) in [5.74, 6) is -1.32. The Labute approximate surface area is 118 Å². The highest BCUT2D eigenvalue weighted by Crippen LogP contribution is 2.20. The third-order valence-corrected chi connectivity index (χ3v) is 4.24. The van der Waals surface area contributed by atoms with Crippen molar-refractivity contribution < 1.29 is 17.6 Å². The van der Waals surface area contributed by atoms with Crippen molar-refractivity contribution in [3.8, 4) is 0 Å². The molecule has 7 heteroatoms. The number of benzene rings is 1. The Morgan fingerprint density at radius 2 is 1.95 bits per heavy atom. The molecule has 5 nitrogen and oxygen atoms in total. The number of carbonyl (C=O) groups is 1. The molecule has 0 aliphatic rings. The second-order valence-electron chi connectivity index (χ2n) is 5.32. The fourth-order valence-electron chi connectivity index (χ4n) is 1.55. The molecular formula is C13H19FN2O3S. The van der Waals surface area contributed by atoms with Crippen LogP contribution < -0.4 is 10.5 Å². The second-order valence-corrected chi connectivity index (χ2v) is 6.85. The first kappa shape index (κ1) is 16.6. The van der Waals surface area contributed by atoms with Crippen molar-refractivity contribution in [3.63, 3.8) is 0 Å². The highest BCUT2D eigenvalue weighted by molar-refractivity contribution is 7.89.